The van der Waals surface area contributed by atoms with E-state index in [0.717, 1.165) is 27.9 Å². The van der Waals surface area contributed by atoms with Gasteiger partial charge in [-0.15, -0.1) is 0 Å². The highest BCUT2D eigenvalue weighted by Crippen LogP contribution is 2.21. The fourth-order valence-corrected chi connectivity index (χ4v) is 3.55. The average molecular weight is 495 g/mol. The van der Waals surface area contributed by atoms with Gasteiger partial charge in [0.15, 0.2) is 0 Å². The van der Waals surface area contributed by atoms with Crippen LogP contribution in [0.4, 0.5) is 10.5 Å². The molecule has 0 fully saturated rings. The molecule has 0 aromatic heterocycles. The summed E-state index contributed by atoms with van der Waals surface area (Å²) in [5, 5.41) is 6.25. The van der Waals surface area contributed by atoms with E-state index in [1.165, 1.54) is 0 Å². The van der Waals surface area contributed by atoms with E-state index in [0.29, 0.717) is 23.9 Å². The van der Waals surface area contributed by atoms with Gasteiger partial charge in [0.25, 0.3) is 0 Å². The molecule has 184 valence electrons. The fraction of sp³-hybridized carbons (Fsp3) is 0.286. The summed E-state index contributed by atoms with van der Waals surface area (Å²) in [5.74, 6) is 0.573. The van der Waals surface area contributed by atoms with Gasteiger partial charge < -0.3 is 20.1 Å². The van der Waals surface area contributed by atoms with Crippen LogP contribution >= 0.6 is 11.6 Å². The third-order valence-corrected chi connectivity index (χ3v) is 5.43. The summed E-state index contributed by atoms with van der Waals surface area (Å²) in [6.07, 6.45) is -0.249. The van der Waals surface area contributed by atoms with Gasteiger partial charge in [-0.3, -0.25) is 4.79 Å². The van der Waals surface area contributed by atoms with Gasteiger partial charge in [0, 0.05) is 17.3 Å². The summed E-state index contributed by atoms with van der Waals surface area (Å²) in [6.45, 7) is 8.17. The Morgan fingerprint density at radius 3 is 2.43 bits per heavy atom. The summed E-state index contributed by atoms with van der Waals surface area (Å²) in [6, 6.07) is 20.6. The average Bonchev–Trinajstić information content (AvgIpc) is 2.78. The number of alkyl carbamates (subject to hydrolysis) is 1. The van der Waals surface area contributed by atoms with Crippen molar-refractivity contribution in [2.24, 2.45) is 0 Å². The highest BCUT2D eigenvalue weighted by atomic mass is 35.5. The van der Waals surface area contributed by atoms with Crippen LogP contribution in [-0.4, -0.2) is 17.6 Å². The summed E-state index contributed by atoms with van der Waals surface area (Å²) < 4.78 is 11.2. The van der Waals surface area contributed by atoms with E-state index in [2.05, 4.69) is 10.6 Å². The lowest BCUT2D eigenvalue weighted by Gasteiger charge is -2.19. The molecule has 2 amide bonds. The molecule has 0 heterocycles. The van der Waals surface area contributed by atoms with E-state index in [-0.39, 0.29) is 12.3 Å². The molecule has 0 bridgehead atoms. The van der Waals surface area contributed by atoms with Crippen molar-refractivity contribution in [3.05, 3.63) is 94.0 Å². The van der Waals surface area contributed by atoms with Crippen molar-refractivity contribution in [2.45, 2.75) is 52.9 Å². The predicted molar refractivity (Wildman–Crippen MR) is 139 cm³/mol. The number of ether oxygens (including phenoxy) is 2. The molecule has 6 nitrogen and oxygen atoms in total. The Hall–Kier alpha value is -3.51. The van der Waals surface area contributed by atoms with E-state index in [4.69, 9.17) is 21.1 Å². The number of rotatable bonds is 8. The van der Waals surface area contributed by atoms with Gasteiger partial charge in [0.2, 0.25) is 5.91 Å². The van der Waals surface area contributed by atoms with Gasteiger partial charge in [-0.05, 0) is 80.3 Å². The second-order valence-corrected chi connectivity index (χ2v) is 9.66. The Morgan fingerprint density at radius 2 is 1.71 bits per heavy atom. The Bertz CT molecular complexity index is 1190. The quantitative estimate of drug-likeness (QED) is 0.378. The molecule has 0 spiro atoms. The minimum absolute atomic E-state index is 0.127. The van der Waals surface area contributed by atoms with Gasteiger partial charge in [0.05, 0.1) is 6.42 Å². The van der Waals surface area contributed by atoms with Crippen molar-refractivity contribution < 1.29 is 19.1 Å². The van der Waals surface area contributed by atoms with E-state index in [1.54, 1.807) is 6.07 Å². The Morgan fingerprint density at radius 1 is 0.943 bits per heavy atom. The fourth-order valence-electron chi connectivity index (χ4n) is 3.35. The first-order chi connectivity index (χ1) is 16.6. The van der Waals surface area contributed by atoms with Gasteiger partial charge >= 0.3 is 6.09 Å². The van der Waals surface area contributed by atoms with Crippen LogP contribution in [0.2, 0.25) is 5.02 Å². The van der Waals surface area contributed by atoms with Crippen LogP contribution in [0.15, 0.2) is 66.7 Å². The molecule has 0 saturated carbocycles. The molecule has 0 aliphatic rings. The second kappa shape index (κ2) is 11.8. The van der Waals surface area contributed by atoms with Crippen LogP contribution < -0.4 is 15.4 Å². The van der Waals surface area contributed by atoms with E-state index in [1.807, 2.05) is 88.4 Å². The van der Waals surface area contributed by atoms with E-state index < -0.39 is 11.7 Å². The molecule has 2 N–H and O–H groups in total. The Balaban J connectivity index is 1.53. The zero-order chi connectivity index (χ0) is 25.4. The molecule has 0 atom stereocenters. The van der Waals surface area contributed by atoms with Gasteiger partial charge in [0.1, 0.15) is 18.0 Å². The normalized spacial score (nSPS) is 11.0. The Kier molecular flexibility index (Phi) is 8.77. The van der Waals surface area contributed by atoms with Crippen LogP contribution in [0.5, 0.6) is 5.75 Å². The molecular weight excluding hydrogens is 464 g/mol. The third kappa shape index (κ3) is 8.65. The Labute approximate surface area is 211 Å². The van der Waals surface area contributed by atoms with Crippen molar-refractivity contribution in [1.82, 2.24) is 5.32 Å². The molecule has 0 aliphatic heterocycles. The van der Waals surface area contributed by atoms with Gasteiger partial charge in [-0.25, -0.2) is 4.79 Å². The number of nitrogens with one attached hydrogen (secondary N) is 2. The first-order valence-electron chi connectivity index (χ1n) is 11.4. The minimum Gasteiger partial charge on any atom is -0.489 e. The molecule has 7 heteroatoms. The molecule has 0 unspecified atom stereocenters. The van der Waals surface area contributed by atoms with Crippen molar-refractivity contribution in [3.8, 4) is 5.75 Å². The molecule has 3 aromatic carbocycles. The smallest absolute Gasteiger partial charge is 0.407 e. The standard InChI is InChI=1S/C28H31ClN2O4/c1-19-14-23(31-26(32)16-21-9-5-6-11-25(21)29)13-12-22(19)18-34-24-10-7-8-20(15-24)17-30-27(33)35-28(2,3)4/h5-15H,16-18H2,1-4H3,(H,30,33)(H,31,32). The van der Waals surface area contributed by atoms with Crippen LogP contribution in [0.25, 0.3) is 0 Å². The van der Waals surface area contributed by atoms with Crippen molar-refractivity contribution in [3.63, 3.8) is 0 Å². The van der Waals surface area contributed by atoms with Gasteiger partial charge in [-0.2, -0.15) is 0 Å². The lowest BCUT2D eigenvalue weighted by atomic mass is 10.1. The third-order valence-electron chi connectivity index (χ3n) is 5.06. The van der Waals surface area contributed by atoms with Crippen LogP contribution in [0, 0.1) is 6.92 Å². The number of carbonyl (C=O) groups is 2. The molecule has 3 aromatic rings. The maximum Gasteiger partial charge on any atom is 0.407 e. The van der Waals surface area contributed by atoms with Crippen molar-refractivity contribution >= 4 is 29.3 Å². The van der Waals surface area contributed by atoms with E-state index >= 15 is 0 Å². The predicted octanol–water partition coefficient (Wildman–Crippen LogP) is 6.43. The van der Waals surface area contributed by atoms with Gasteiger partial charge in [-0.1, -0.05) is 48.0 Å². The minimum atomic E-state index is -0.541. The first kappa shape index (κ1) is 26.1. The lowest BCUT2D eigenvalue weighted by molar-refractivity contribution is -0.115. The number of carbonyl (C=O) groups excluding carboxylic acids is 2. The number of halogens is 1. The van der Waals surface area contributed by atoms with Crippen LogP contribution in [-0.2, 0) is 29.1 Å². The molecule has 0 radical (unpaired) electrons. The number of amides is 2. The van der Waals surface area contributed by atoms with Crippen LogP contribution in [0.1, 0.15) is 43.0 Å². The number of aryl methyl sites for hydroxylation is 1. The molecule has 0 aliphatic carbocycles. The maximum atomic E-state index is 12.4. The highest BCUT2D eigenvalue weighted by molar-refractivity contribution is 6.31. The lowest BCUT2D eigenvalue weighted by Crippen LogP contribution is -2.32. The summed E-state index contributed by atoms with van der Waals surface area (Å²) in [4.78, 5) is 24.3. The van der Waals surface area contributed by atoms with E-state index in [9.17, 15) is 9.59 Å². The van der Waals surface area contributed by atoms with Crippen molar-refractivity contribution in [2.75, 3.05) is 5.32 Å². The maximum absolute atomic E-state index is 12.4. The first-order valence-corrected chi connectivity index (χ1v) is 11.8. The topological polar surface area (TPSA) is 76.7 Å². The monoisotopic (exact) mass is 494 g/mol. The number of hydrogen-bond donors (Lipinski definition) is 2. The largest absolute Gasteiger partial charge is 0.489 e. The molecule has 35 heavy (non-hydrogen) atoms. The zero-order valence-electron chi connectivity index (χ0n) is 20.5. The van der Waals surface area contributed by atoms with Crippen LogP contribution in [0.3, 0.4) is 0 Å². The molecule has 3 rings (SSSR count). The summed E-state index contributed by atoms with van der Waals surface area (Å²) in [5.41, 5.74) is 3.88. The summed E-state index contributed by atoms with van der Waals surface area (Å²) >= 11 is 6.15. The number of benzene rings is 3. The molecular formula is C28H31ClN2O4. The van der Waals surface area contributed by atoms with Crippen molar-refractivity contribution in [1.29, 1.82) is 0 Å². The second-order valence-electron chi connectivity index (χ2n) is 9.25. The highest BCUT2D eigenvalue weighted by Gasteiger charge is 2.15. The zero-order valence-corrected chi connectivity index (χ0v) is 21.2. The number of hydrogen-bond acceptors (Lipinski definition) is 4. The molecule has 0 saturated heterocycles. The summed E-state index contributed by atoms with van der Waals surface area (Å²) in [7, 11) is 0. The SMILES string of the molecule is Cc1cc(NC(=O)Cc2ccccc2Cl)ccc1COc1cccc(CNC(=O)OC(C)(C)C)c1. The number of anilines is 1.